The molecule has 6 heteroatoms. The summed E-state index contributed by atoms with van der Waals surface area (Å²) in [4.78, 5) is 24.5. The number of rotatable bonds is 59. The molecule has 2 atom stereocenters. The van der Waals surface area contributed by atoms with Crippen LogP contribution in [0, 0.1) is 0 Å². The molecule has 0 bridgehead atoms. The highest BCUT2D eigenvalue weighted by Gasteiger charge is 2.18. The molecular weight excluding hydrogens is 863 g/mol. The molecule has 0 saturated carbocycles. The molecule has 0 radical (unpaired) electrons. The molecule has 0 aromatic heterocycles. The lowest BCUT2D eigenvalue weighted by Crippen LogP contribution is -2.45. The number of esters is 1. The van der Waals surface area contributed by atoms with Crippen LogP contribution in [0.5, 0.6) is 0 Å². The quantitative estimate of drug-likeness (QED) is 0.0321. The summed E-state index contributed by atoms with van der Waals surface area (Å²) >= 11 is 0. The van der Waals surface area contributed by atoms with Gasteiger partial charge in [-0.05, 0) is 57.8 Å². The van der Waals surface area contributed by atoms with Crippen LogP contribution in [0.1, 0.15) is 348 Å². The summed E-state index contributed by atoms with van der Waals surface area (Å²) in [6.07, 6.45) is 73.8. The van der Waals surface area contributed by atoms with Crippen molar-refractivity contribution in [2.75, 3.05) is 13.2 Å². The molecule has 0 aromatic rings. The Kier molecular flexibility index (Phi) is 58.5. The van der Waals surface area contributed by atoms with E-state index in [1.807, 2.05) is 6.08 Å². The number of amides is 1. The number of aliphatic hydroxyl groups is 2. The van der Waals surface area contributed by atoms with Crippen molar-refractivity contribution < 1.29 is 24.5 Å². The maximum Gasteiger partial charge on any atom is 0.305 e. The molecular formula is C64H123NO5. The van der Waals surface area contributed by atoms with Crippen molar-refractivity contribution in [2.24, 2.45) is 0 Å². The first-order chi connectivity index (χ1) is 34.5. The third-order valence-corrected chi connectivity index (χ3v) is 14.7. The van der Waals surface area contributed by atoms with E-state index in [0.717, 1.165) is 38.5 Å². The van der Waals surface area contributed by atoms with E-state index >= 15 is 0 Å². The van der Waals surface area contributed by atoms with Crippen LogP contribution in [-0.4, -0.2) is 47.4 Å². The summed E-state index contributed by atoms with van der Waals surface area (Å²) in [5, 5.41) is 23.0. The fraction of sp³-hybridized carbons (Fsp3) is 0.906. The van der Waals surface area contributed by atoms with Crippen molar-refractivity contribution in [2.45, 2.75) is 360 Å². The number of nitrogens with one attached hydrogen (secondary N) is 1. The van der Waals surface area contributed by atoms with Gasteiger partial charge in [0, 0.05) is 12.8 Å². The highest BCUT2D eigenvalue weighted by molar-refractivity contribution is 5.76. The van der Waals surface area contributed by atoms with Crippen LogP contribution in [0.3, 0.4) is 0 Å². The van der Waals surface area contributed by atoms with E-state index < -0.39 is 12.1 Å². The first kappa shape index (κ1) is 68.3. The lowest BCUT2D eigenvalue weighted by molar-refractivity contribution is -0.143. The van der Waals surface area contributed by atoms with E-state index in [0.29, 0.717) is 19.4 Å². The van der Waals surface area contributed by atoms with E-state index in [4.69, 9.17) is 4.74 Å². The van der Waals surface area contributed by atoms with Gasteiger partial charge in [-0.3, -0.25) is 9.59 Å². The van der Waals surface area contributed by atoms with Gasteiger partial charge < -0.3 is 20.3 Å². The molecule has 0 fully saturated rings. The molecule has 0 aliphatic carbocycles. The Balaban J connectivity index is 3.36. The summed E-state index contributed by atoms with van der Waals surface area (Å²) < 4.78 is 5.50. The van der Waals surface area contributed by atoms with E-state index in [9.17, 15) is 19.8 Å². The standard InChI is InChI=1S/C64H123NO5/c1-3-5-7-9-11-13-15-16-17-28-32-35-38-42-46-50-54-58-64(69)70-59-55-51-47-43-39-36-33-30-27-25-23-21-19-18-20-22-24-26-29-31-34-37-41-45-49-53-57-63(68)65-61(60-66)62(67)56-52-48-44-40-14-12-10-8-6-4-2/h18,20,52,56,61-62,66-67H,3-17,19,21-51,53-55,57-60H2,1-2H3,(H,65,68)/b20-18-,56-52+. The zero-order chi connectivity index (χ0) is 50.7. The lowest BCUT2D eigenvalue weighted by Gasteiger charge is -2.20. The third kappa shape index (κ3) is 55.7. The van der Waals surface area contributed by atoms with E-state index in [1.165, 1.54) is 283 Å². The Morgan fingerprint density at radius 2 is 0.671 bits per heavy atom. The lowest BCUT2D eigenvalue weighted by atomic mass is 10.0. The van der Waals surface area contributed by atoms with Crippen LogP contribution in [0.25, 0.3) is 0 Å². The zero-order valence-electron chi connectivity index (χ0n) is 47.3. The van der Waals surface area contributed by atoms with Gasteiger partial charge in [-0.25, -0.2) is 0 Å². The second-order valence-electron chi connectivity index (χ2n) is 21.7. The average molecular weight is 987 g/mol. The summed E-state index contributed by atoms with van der Waals surface area (Å²) in [5.74, 6) is -0.0528. The van der Waals surface area contributed by atoms with Crippen LogP contribution in [0.2, 0.25) is 0 Å². The van der Waals surface area contributed by atoms with E-state index in [-0.39, 0.29) is 18.5 Å². The molecule has 0 aliphatic rings. The molecule has 3 N–H and O–H groups in total. The molecule has 414 valence electrons. The van der Waals surface area contributed by atoms with Crippen LogP contribution in [0.4, 0.5) is 0 Å². The van der Waals surface area contributed by atoms with Crippen molar-refractivity contribution in [3.05, 3.63) is 24.3 Å². The number of ether oxygens (including phenoxy) is 1. The minimum atomic E-state index is -0.843. The van der Waals surface area contributed by atoms with Crippen molar-refractivity contribution in [1.82, 2.24) is 5.32 Å². The number of hydrogen-bond acceptors (Lipinski definition) is 5. The van der Waals surface area contributed by atoms with Crippen LogP contribution in [0.15, 0.2) is 24.3 Å². The van der Waals surface area contributed by atoms with Crippen LogP contribution >= 0.6 is 0 Å². The largest absolute Gasteiger partial charge is 0.466 e. The number of allylic oxidation sites excluding steroid dienone is 3. The first-order valence-electron chi connectivity index (χ1n) is 31.6. The van der Waals surface area contributed by atoms with Crippen molar-refractivity contribution in [3.8, 4) is 0 Å². The molecule has 6 nitrogen and oxygen atoms in total. The Morgan fingerprint density at radius 3 is 1.01 bits per heavy atom. The molecule has 0 aliphatic heterocycles. The predicted molar refractivity (Wildman–Crippen MR) is 306 cm³/mol. The summed E-state index contributed by atoms with van der Waals surface area (Å²) in [6, 6.07) is -0.627. The first-order valence-corrected chi connectivity index (χ1v) is 31.6. The smallest absolute Gasteiger partial charge is 0.305 e. The maximum absolute atomic E-state index is 12.4. The predicted octanol–water partition coefficient (Wildman–Crippen LogP) is 19.8. The molecule has 1 amide bonds. The van der Waals surface area contributed by atoms with Gasteiger partial charge in [-0.2, -0.15) is 0 Å². The summed E-state index contributed by atoms with van der Waals surface area (Å²) in [6.45, 7) is 4.91. The molecule has 0 spiro atoms. The number of carbonyl (C=O) groups excluding carboxylic acids is 2. The number of carbonyl (C=O) groups is 2. The second kappa shape index (κ2) is 59.9. The molecule has 0 saturated heterocycles. The van der Waals surface area contributed by atoms with Crippen LogP contribution < -0.4 is 5.32 Å². The summed E-state index contributed by atoms with van der Waals surface area (Å²) in [7, 11) is 0. The Hall–Kier alpha value is -1.66. The number of aliphatic hydroxyl groups excluding tert-OH is 2. The molecule has 70 heavy (non-hydrogen) atoms. The van der Waals surface area contributed by atoms with Crippen LogP contribution in [-0.2, 0) is 14.3 Å². The second-order valence-corrected chi connectivity index (χ2v) is 21.7. The Labute approximate surface area is 437 Å². The van der Waals surface area contributed by atoms with Gasteiger partial charge in [0.2, 0.25) is 5.91 Å². The van der Waals surface area contributed by atoms with E-state index in [2.05, 4.69) is 31.3 Å². The number of hydrogen-bond donors (Lipinski definition) is 3. The minimum absolute atomic E-state index is 0.0181. The van der Waals surface area contributed by atoms with E-state index in [1.54, 1.807) is 6.08 Å². The molecule has 0 rings (SSSR count). The maximum atomic E-state index is 12.4. The molecule has 2 unspecified atom stereocenters. The van der Waals surface area contributed by atoms with Gasteiger partial charge in [0.05, 0.1) is 25.4 Å². The van der Waals surface area contributed by atoms with Gasteiger partial charge in [-0.15, -0.1) is 0 Å². The number of unbranched alkanes of at least 4 members (excludes halogenated alkanes) is 46. The Morgan fingerprint density at radius 1 is 0.386 bits per heavy atom. The Bertz CT molecular complexity index is 1090. The molecule has 0 heterocycles. The fourth-order valence-corrected chi connectivity index (χ4v) is 9.87. The normalized spacial score (nSPS) is 12.7. The average Bonchev–Trinajstić information content (AvgIpc) is 3.36. The van der Waals surface area contributed by atoms with Gasteiger partial charge in [0.25, 0.3) is 0 Å². The molecule has 0 aromatic carbocycles. The highest BCUT2D eigenvalue weighted by atomic mass is 16.5. The topological polar surface area (TPSA) is 95.9 Å². The SMILES string of the molecule is CCCCCCCCCC/C=C/C(O)C(CO)NC(=O)CCCCCCCCCCCC/C=C\CCCCCCCCCCCCCCOC(=O)CCCCCCCCCCCCCCCCCCC. The van der Waals surface area contributed by atoms with Gasteiger partial charge in [0.15, 0.2) is 0 Å². The monoisotopic (exact) mass is 986 g/mol. The van der Waals surface area contributed by atoms with Gasteiger partial charge in [0.1, 0.15) is 0 Å². The van der Waals surface area contributed by atoms with Gasteiger partial charge in [-0.1, -0.05) is 301 Å². The summed E-state index contributed by atoms with van der Waals surface area (Å²) in [5.41, 5.74) is 0. The fourth-order valence-electron chi connectivity index (χ4n) is 9.87. The third-order valence-electron chi connectivity index (χ3n) is 14.7. The van der Waals surface area contributed by atoms with Crippen molar-refractivity contribution in [1.29, 1.82) is 0 Å². The van der Waals surface area contributed by atoms with Gasteiger partial charge >= 0.3 is 5.97 Å². The highest BCUT2D eigenvalue weighted by Crippen LogP contribution is 2.17. The minimum Gasteiger partial charge on any atom is -0.466 e. The van der Waals surface area contributed by atoms with Crippen molar-refractivity contribution >= 4 is 11.9 Å². The van der Waals surface area contributed by atoms with Crippen molar-refractivity contribution in [3.63, 3.8) is 0 Å². The zero-order valence-corrected chi connectivity index (χ0v) is 47.3.